The average Bonchev–Trinajstić information content (AvgIpc) is 2.62. The number of hydrogen-bond donors (Lipinski definition) is 2. The van der Waals surface area contributed by atoms with Crippen LogP contribution in [-0.2, 0) is 21.2 Å². The van der Waals surface area contributed by atoms with E-state index in [-0.39, 0.29) is 4.90 Å². The Morgan fingerprint density at radius 1 is 1.15 bits per heavy atom. The lowest BCUT2D eigenvalue weighted by Crippen LogP contribution is -2.45. The number of carbonyl (C=O) groups excluding carboxylic acids is 1. The highest BCUT2D eigenvalue weighted by Gasteiger charge is 2.21. The van der Waals surface area contributed by atoms with E-state index in [9.17, 15) is 17.6 Å². The van der Waals surface area contributed by atoms with Crippen LogP contribution in [0.1, 0.15) is 12.5 Å². The van der Waals surface area contributed by atoms with Gasteiger partial charge in [0, 0.05) is 6.54 Å². The molecule has 0 aliphatic carbocycles. The Morgan fingerprint density at radius 2 is 1.81 bits per heavy atom. The summed E-state index contributed by atoms with van der Waals surface area (Å²) in [5.41, 5.74) is 0.940. The van der Waals surface area contributed by atoms with Gasteiger partial charge in [-0.15, -0.1) is 0 Å². The second-order valence-electron chi connectivity index (χ2n) is 5.65. The molecular formula is C18H21FN2O4S. The maximum atomic E-state index is 12.9. The van der Waals surface area contributed by atoms with Crippen molar-refractivity contribution >= 4 is 15.9 Å². The molecule has 0 radical (unpaired) electrons. The van der Waals surface area contributed by atoms with Gasteiger partial charge in [-0.2, -0.15) is 4.72 Å². The molecule has 26 heavy (non-hydrogen) atoms. The van der Waals surface area contributed by atoms with Crippen molar-refractivity contribution in [2.75, 3.05) is 13.7 Å². The predicted molar refractivity (Wildman–Crippen MR) is 95.9 cm³/mol. The Labute approximate surface area is 152 Å². The largest absolute Gasteiger partial charge is 0.496 e. The van der Waals surface area contributed by atoms with Crippen molar-refractivity contribution in [2.45, 2.75) is 24.3 Å². The van der Waals surface area contributed by atoms with Gasteiger partial charge >= 0.3 is 0 Å². The fourth-order valence-electron chi connectivity index (χ4n) is 2.35. The maximum Gasteiger partial charge on any atom is 0.241 e. The number of para-hydroxylation sites is 1. The number of methoxy groups -OCH3 is 1. The van der Waals surface area contributed by atoms with Crippen molar-refractivity contribution in [2.24, 2.45) is 0 Å². The molecule has 0 saturated carbocycles. The van der Waals surface area contributed by atoms with E-state index in [0.717, 1.165) is 35.6 Å². The minimum atomic E-state index is -3.91. The highest BCUT2D eigenvalue weighted by atomic mass is 32.2. The van der Waals surface area contributed by atoms with Crippen LogP contribution >= 0.6 is 0 Å². The minimum Gasteiger partial charge on any atom is -0.496 e. The number of benzene rings is 2. The standard InChI is InChI=1S/C18H21FN2O4S/c1-13(21-26(23,24)16-9-7-15(19)8-10-16)18(22)20-12-11-14-5-3-4-6-17(14)25-2/h3-10,13,21H,11-12H2,1-2H3,(H,20,22)/t13-/m0/s1. The first-order valence-electron chi connectivity index (χ1n) is 8.01. The lowest BCUT2D eigenvalue weighted by molar-refractivity contribution is -0.122. The van der Waals surface area contributed by atoms with E-state index >= 15 is 0 Å². The molecule has 2 aromatic carbocycles. The Hall–Kier alpha value is -2.45. The Bertz CT molecular complexity index is 854. The molecule has 2 aromatic rings. The number of hydrogen-bond acceptors (Lipinski definition) is 4. The van der Waals surface area contributed by atoms with Gasteiger partial charge < -0.3 is 10.1 Å². The summed E-state index contributed by atoms with van der Waals surface area (Å²) in [7, 11) is -2.33. The fraction of sp³-hybridized carbons (Fsp3) is 0.278. The van der Waals surface area contributed by atoms with Gasteiger partial charge in [0.2, 0.25) is 15.9 Å². The summed E-state index contributed by atoms with van der Waals surface area (Å²) in [6.07, 6.45) is 0.549. The molecule has 0 saturated heterocycles. The maximum absolute atomic E-state index is 12.9. The van der Waals surface area contributed by atoms with Gasteiger partial charge in [-0.05, 0) is 49.2 Å². The third-order valence-corrected chi connectivity index (χ3v) is 5.29. The molecule has 0 bridgehead atoms. The smallest absolute Gasteiger partial charge is 0.241 e. The topological polar surface area (TPSA) is 84.5 Å². The molecule has 0 spiro atoms. The monoisotopic (exact) mass is 380 g/mol. The molecule has 0 aromatic heterocycles. The van der Waals surface area contributed by atoms with Crippen LogP contribution in [0.3, 0.4) is 0 Å². The van der Waals surface area contributed by atoms with Crippen LogP contribution in [0.25, 0.3) is 0 Å². The lowest BCUT2D eigenvalue weighted by Gasteiger charge is -2.15. The van der Waals surface area contributed by atoms with Crippen molar-refractivity contribution in [3.05, 3.63) is 59.9 Å². The van der Waals surface area contributed by atoms with E-state index in [0.29, 0.717) is 13.0 Å². The molecule has 0 aliphatic heterocycles. The van der Waals surface area contributed by atoms with Crippen LogP contribution < -0.4 is 14.8 Å². The van der Waals surface area contributed by atoms with Crippen LogP contribution in [0.5, 0.6) is 5.75 Å². The molecule has 1 atom stereocenters. The Kier molecular flexibility index (Phi) is 6.70. The quantitative estimate of drug-likeness (QED) is 0.732. The number of halogens is 1. The van der Waals surface area contributed by atoms with Gasteiger partial charge in [-0.25, -0.2) is 12.8 Å². The second kappa shape index (κ2) is 8.77. The van der Waals surface area contributed by atoms with E-state index in [2.05, 4.69) is 10.0 Å². The first-order chi connectivity index (χ1) is 12.3. The second-order valence-corrected chi connectivity index (χ2v) is 7.36. The summed E-state index contributed by atoms with van der Waals surface area (Å²) >= 11 is 0. The summed E-state index contributed by atoms with van der Waals surface area (Å²) in [4.78, 5) is 12.0. The molecule has 0 heterocycles. The summed E-state index contributed by atoms with van der Waals surface area (Å²) < 4.78 is 44.8. The Balaban J connectivity index is 1.90. The molecular weight excluding hydrogens is 359 g/mol. The van der Waals surface area contributed by atoms with Crippen molar-refractivity contribution < 1.29 is 22.3 Å². The van der Waals surface area contributed by atoms with Gasteiger partial charge in [0.25, 0.3) is 0 Å². The summed E-state index contributed by atoms with van der Waals surface area (Å²) in [5, 5.41) is 2.68. The molecule has 6 nitrogen and oxygen atoms in total. The predicted octanol–water partition coefficient (Wildman–Crippen LogP) is 1.86. The minimum absolute atomic E-state index is 0.104. The van der Waals surface area contributed by atoms with Crippen LogP contribution in [0.4, 0.5) is 4.39 Å². The van der Waals surface area contributed by atoms with Crippen molar-refractivity contribution in [1.29, 1.82) is 0 Å². The zero-order valence-corrected chi connectivity index (χ0v) is 15.3. The van der Waals surface area contributed by atoms with Crippen LogP contribution in [0.2, 0.25) is 0 Å². The van der Waals surface area contributed by atoms with Crippen molar-refractivity contribution in [3.8, 4) is 5.75 Å². The number of amides is 1. The number of carbonyl (C=O) groups is 1. The fourth-order valence-corrected chi connectivity index (χ4v) is 3.55. The first-order valence-corrected chi connectivity index (χ1v) is 9.49. The number of nitrogens with one attached hydrogen (secondary N) is 2. The van der Waals surface area contributed by atoms with Gasteiger partial charge in [0.15, 0.2) is 0 Å². The Morgan fingerprint density at radius 3 is 2.46 bits per heavy atom. The third kappa shape index (κ3) is 5.27. The van der Waals surface area contributed by atoms with Crippen LogP contribution in [0, 0.1) is 5.82 Å². The zero-order valence-electron chi connectivity index (χ0n) is 14.5. The SMILES string of the molecule is COc1ccccc1CCNC(=O)[C@H](C)NS(=O)(=O)c1ccc(F)cc1. The summed E-state index contributed by atoms with van der Waals surface area (Å²) in [5.74, 6) is -0.261. The van der Waals surface area contributed by atoms with Crippen molar-refractivity contribution in [3.63, 3.8) is 0 Å². The summed E-state index contributed by atoms with van der Waals surface area (Å²) in [6.45, 7) is 1.78. The third-order valence-electron chi connectivity index (χ3n) is 3.74. The zero-order chi connectivity index (χ0) is 19.2. The normalized spacial score (nSPS) is 12.4. The van der Waals surface area contributed by atoms with Crippen LogP contribution in [0.15, 0.2) is 53.4 Å². The molecule has 140 valence electrons. The highest BCUT2D eigenvalue weighted by Crippen LogP contribution is 2.17. The molecule has 8 heteroatoms. The molecule has 2 rings (SSSR count). The number of sulfonamides is 1. The molecule has 0 aliphatic rings. The summed E-state index contributed by atoms with van der Waals surface area (Å²) in [6, 6.07) is 10.9. The van der Waals surface area contributed by atoms with E-state index in [4.69, 9.17) is 4.74 Å². The first kappa shape index (κ1) is 19.9. The van der Waals surface area contributed by atoms with E-state index < -0.39 is 27.8 Å². The van der Waals surface area contributed by atoms with Gasteiger partial charge in [0.05, 0.1) is 18.0 Å². The van der Waals surface area contributed by atoms with E-state index in [1.165, 1.54) is 6.92 Å². The molecule has 0 unspecified atom stereocenters. The average molecular weight is 380 g/mol. The number of rotatable bonds is 8. The number of ether oxygens (including phenoxy) is 1. The van der Waals surface area contributed by atoms with Crippen LogP contribution in [-0.4, -0.2) is 34.0 Å². The molecule has 1 amide bonds. The highest BCUT2D eigenvalue weighted by molar-refractivity contribution is 7.89. The van der Waals surface area contributed by atoms with Gasteiger partial charge in [-0.1, -0.05) is 18.2 Å². The molecule has 2 N–H and O–H groups in total. The molecule has 0 fully saturated rings. The van der Waals surface area contributed by atoms with E-state index in [1.807, 2.05) is 24.3 Å². The van der Waals surface area contributed by atoms with Crippen molar-refractivity contribution in [1.82, 2.24) is 10.0 Å². The van der Waals surface area contributed by atoms with Gasteiger partial charge in [-0.3, -0.25) is 4.79 Å². The van der Waals surface area contributed by atoms with Gasteiger partial charge in [0.1, 0.15) is 11.6 Å². The van der Waals surface area contributed by atoms with E-state index in [1.54, 1.807) is 7.11 Å². The lowest BCUT2D eigenvalue weighted by atomic mass is 10.1.